The van der Waals surface area contributed by atoms with E-state index < -0.39 is 5.60 Å². The summed E-state index contributed by atoms with van der Waals surface area (Å²) in [7, 11) is 0. The van der Waals surface area contributed by atoms with Gasteiger partial charge in [0.05, 0.1) is 11.9 Å². The molecule has 2 aliphatic heterocycles. The average Bonchev–Trinajstić information content (AvgIpc) is 2.96. The van der Waals surface area contributed by atoms with Crippen molar-refractivity contribution >= 4 is 17.4 Å². The number of ether oxygens (including phenoxy) is 1. The number of aromatic nitrogens is 1. The van der Waals surface area contributed by atoms with Gasteiger partial charge in [-0.25, -0.2) is 4.98 Å². The SMILES string of the molecule is CC1(C(=O)N2CCN(c3ccc(N)nc3)CC2)CCCO1. The minimum absolute atomic E-state index is 0.134. The van der Waals surface area contributed by atoms with Gasteiger partial charge in [0, 0.05) is 32.8 Å². The van der Waals surface area contributed by atoms with E-state index in [1.165, 1.54) is 0 Å². The van der Waals surface area contributed by atoms with Crippen molar-refractivity contribution in [3.05, 3.63) is 18.3 Å². The fourth-order valence-corrected chi connectivity index (χ4v) is 3.03. The van der Waals surface area contributed by atoms with E-state index >= 15 is 0 Å². The molecular formula is C15H22N4O2. The average molecular weight is 290 g/mol. The van der Waals surface area contributed by atoms with Crippen LogP contribution in [0.3, 0.4) is 0 Å². The van der Waals surface area contributed by atoms with Gasteiger partial charge in [-0.05, 0) is 31.9 Å². The highest BCUT2D eigenvalue weighted by molar-refractivity contribution is 5.85. The number of hydrogen-bond donors (Lipinski definition) is 1. The molecule has 21 heavy (non-hydrogen) atoms. The van der Waals surface area contributed by atoms with Crippen LogP contribution in [-0.4, -0.2) is 54.2 Å². The summed E-state index contributed by atoms with van der Waals surface area (Å²) in [5.74, 6) is 0.661. The molecule has 0 aromatic carbocycles. The molecule has 3 heterocycles. The third-order valence-corrected chi connectivity index (χ3v) is 4.37. The number of piperazine rings is 1. The van der Waals surface area contributed by atoms with E-state index in [9.17, 15) is 4.79 Å². The number of carbonyl (C=O) groups is 1. The smallest absolute Gasteiger partial charge is 0.254 e. The Kier molecular flexibility index (Phi) is 3.71. The van der Waals surface area contributed by atoms with Crippen LogP contribution in [0.2, 0.25) is 0 Å². The highest BCUT2D eigenvalue weighted by Gasteiger charge is 2.41. The summed E-state index contributed by atoms with van der Waals surface area (Å²) >= 11 is 0. The molecule has 114 valence electrons. The molecule has 0 radical (unpaired) electrons. The van der Waals surface area contributed by atoms with Gasteiger partial charge in [-0.2, -0.15) is 0 Å². The fourth-order valence-electron chi connectivity index (χ4n) is 3.03. The molecule has 1 atom stereocenters. The van der Waals surface area contributed by atoms with Crippen molar-refractivity contribution < 1.29 is 9.53 Å². The van der Waals surface area contributed by atoms with Crippen molar-refractivity contribution in [2.75, 3.05) is 43.4 Å². The van der Waals surface area contributed by atoms with Crippen molar-refractivity contribution in [3.8, 4) is 0 Å². The molecular weight excluding hydrogens is 268 g/mol. The third-order valence-electron chi connectivity index (χ3n) is 4.37. The summed E-state index contributed by atoms with van der Waals surface area (Å²) in [6, 6.07) is 3.78. The number of carbonyl (C=O) groups excluding carboxylic acids is 1. The molecule has 0 bridgehead atoms. The van der Waals surface area contributed by atoms with E-state index in [0.29, 0.717) is 12.4 Å². The quantitative estimate of drug-likeness (QED) is 0.875. The second-order valence-corrected chi connectivity index (χ2v) is 5.90. The van der Waals surface area contributed by atoms with E-state index in [4.69, 9.17) is 10.5 Å². The van der Waals surface area contributed by atoms with E-state index in [-0.39, 0.29) is 5.91 Å². The first-order valence-corrected chi connectivity index (χ1v) is 7.48. The molecule has 1 aromatic rings. The van der Waals surface area contributed by atoms with E-state index in [1.807, 2.05) is 17.9 Å². The molecule has 6 heteroatoms. The lowest BCUT2D eigenvalue weighted by Gasteiger charge is -2.39. The fraction of sp³-hybridized carbons (Fsp3) is 0.600. The van der Waals surface area contributed by atoms with Crippen LogP contribution in [0.25, 0.3) is 0 Å². The van der Waals surface area contributed by atoms with Gasteiger partial charge in [-0.1, -0.05) is 0 Å². The monoisotopic (exact) mass is 290 g/mol. The minimum Gasteiger partial charge on any atom is -0.384 e. The lowest BCUT2D eigenvalue weighted by molar-refractivity contribution is -0.151. The number of nitrogens with zero attached hydrogens (tertiary/aromatic N) is 3. The van der Waals surface area contributed by atoms with Crippen LogP contribution in [0.4, 0.5) is 11.5 Å². The maximum Gasteiger partial charge on any atom is 0.254 e. The molecule has 1 aromatic heterocycles. The van der Waals surface area contributed by atoms with Crippen LogP contribution in [0.15, 0.2) is 18.3 Å². The van der Waals surface area contributed by atoms with E-state index in [2.05, 4.69) is 9.88 Å². The molecule has 2 saturated heterocycles. The standard InChI is InChI=1S/C15H22N4O2/c1-15(5-2-10-21-15)14(20)19-8-6-18(7-9-19)12-3-4-13(16)17-11-12/h3-4,11H,2,5-10H2,1H3,(H2,16,17). The van der Waals surface area contributed by atoms with Crippen molar-refractivity contribution in [2.45, 2.75) is 25.4 Å². The van der Waals surface area contributed by atoms with Gasteiger partial charge in [0.25, 0.3) is 5.91 Å². The summed E-state index contributed by atoms with van der Waals surface area (Å²) in [5, 5.41) is 0. The predicted octanol–water partition coefficient (Wildman–Crippen LogP) is 0.881. The zero-order valence-electron chi connectivity index (χ0n) is 12.4. The number of anilines is 2. The maximum absolute atomic E-state index is 12.6. The normalized spacial score (nSPS) is 26.1. The Hall–Kier alpha value is -1.82. The van der Waals surface area contributed by atoms with Crippen molar-refractivity contribution in [1.29, 1.82) is 0 Å². The number of rotatable bonds is 2. The Labute approximate surface area is 124 Å². The second-order valence-electron chi connectivity index (χ2n) is 5.90. The lowest BCUT2D eigenvalue weighted by Crippen LogP contribution is -2.54. The number of nitrogens with two attached hydrogens (primary N) is 1. The van der Waals surface area contributed by atoms with Crippen molar-refractivity contribution in [2.24, 2.45) is 0 Å². The Balaban J connectivity index is 1.60. The summed E-state index contributed by atoms with van der Waals surface area (Å²) in [6.07, 6.45) is 3.58. The number of amides is 1. The summed E-state index contributed by atoms with van der Waals surface area (Å²) in [4.78, 5) is 20.8. The lowest BCUT2D eigenvalue weighted by atomic mass is 10.0. The van der Waals surface area contributed by atoms with Gasteiger partial charge >= 0.3 is 0 Å². The zero-order chi connectivity index (χ0) is 14.9. The van der Waals surface area contributed by atoms with Crippen LogP contribution in [0, 0.1) is 0 Å². The molecule has 2 aliphatic rings. The van der Waals surface area contributed by atoms with Crippen LogP contribution in [0.1, 0.15) is 19.8 Å². The van der Waals surface area contributed by atoms with Gasteiger partial charge in [-0.15, -0.1) is 0 Å². The summed E-state index contributed by atoms with van der Waals surface area (Å²) < 4.78 is 5.65. The Morgan fingerprint density at radius 2 is 2.10 bits per heavy atom. The molecule has 3 rings (SSSR count). The molecule has 1 unspecified atom stereocenters. The van der Waals surface area contributed by atoms with Crippen molar-refractivity contribution in [1.82, 2.24) is 9.88 Å². The van der Waals surface area contributed by atoms with Gasteiger partial charge in [-0.3, -0.25) is 4.79 Å². The van der Waals surface area contributed by atoms with Crippen LogP contribution >= 0.6 is 0 Å². The molecule has 6 nitrogen and oxygen atoms in total. The largest absolute Gasteiger partial charge is 0.384 e. The Morgan fingerprint density at radius 1 is 1.33 bits per heavy atom. The first kappa shape index (κ1) is 14.1. The highest BCUT2D eigenvalue weighted by Crippen LogP contribution is 2.28. The molecule has 2 fully saturated rings. The first-order chi connectivity index (χ1) is 10.1. The minimum atomic E-state index is -0.606. The Morgan fingerprint density at radius 3 is 2.67 bits per heavy atom. The van der Waals surface area contributed by atoms with Crippen molar-refractivity contribution in [3.63, 3.8) is 0 Å². The maximum atomic E-state index is 12.6. The van der Waals surface area contributed by atoms with Gasteiger partial charge in [0.1, 0.15) is 11.4 Å². The Bertz CT molecular complexity index is 503. The van der Waals surface area contributed by atoms with Crippen LogP contribution in [0.5, 0.6) is 0 Å². The molecule has 2 N–H and O–H groups in total. The first-order valence-electron chi connectivity index (χ1n) is 7.48. The molecule has 0 aliphatic carbocycles. The second kappa shape index (κ2) is 5.52. The van der Waals surface area contributed by atoms with E-state index in [0.717, 1.165) is 44.7 Å². The highest BCUT2D eigenvalue weighted by atomic mass is 16.5. The zero-order valence-corrected chi connectivity index (χ0v) is 12.4. The van der Waals surface area contributed by atoms with Gasteiger partial charge in [0.2, 0.25) is 0 Å². The van der Waals surface area contributed by atoms with E-state index in [1.54, 1.807) is 12.3 Å². The topological polar surface area (TPSA) is 71.7 Å². The number of hydrogen-bond acceptors (Lipinski definition) is 5. The summed E-state index contributed by atoms with van der Waals surface area (Å²) in [6.45, 7) is 5.68. The number of pyridine rings is 1. The van der Waals surface area contributed by atoms with Gasteiger partial charge in [0.15, 0.2) is 0 Å². The third kappa shape index (κ3) is 2.81. The number of nitrogen functional groups attached to an aromatic ring is 1. The van der Waals surface area contributed by atoms with Gasteiger partial charge < -0.3 is 20.3 Å². The molecule has 1 amide bonds. The summed E-state index contributed by atoms with van der Waals surface area (Å²) in [5.41, 5.74) is 6.05. The van der Waals surface area contributed by atoms with Crippen LogP contribution < -0.4 is 10.6 Å². The predicted molar refractivity (Wildman–Crippen MR) is 81.0 cm³/mol. The molecule has 0 spiro atoms. The molecule has 0 saturated carbocycles. The van der Waals surface area contributed by atoms with Crippen LogP contribution in [-0.2, 0) is 9.53 Å².